The van der Waals surface area contributed by atoms with E-state index in [9.17, 15) is 0 Å². The van der Waals surface area contributed by atoms with Gasteiger partial charge in [-0.05, 0) is 107 Å². The van der Waals surface area contributed by atoms with Crippen molar-refractivity contribution in [3.8, 4) is 33.8 Å². The van der Waals surface area contributed by atoms with E-state index in [1.165, 1.54) is 39.0 Å². The van der Waals surface area contributed by atoms with Crippen molar-refractivity contribution in [3.63, 3.8) is 0 Å². The van der Waals surface area contributed by atoms with Gasteiger partial charge in [-0.15, -0.1) is 0 Å². The monoisotopic (exact) mass is 590 g/mol. The number of benzene rings is 3. The Balaban J connectivity index is 1.04. The number of rotatable bonds is 4. The zero-order valence-corrected chi connectivity index (χ0v) is 25.3. The summed E-state index contributed by atoms with van der Waals surface area (Å²) in [6, 6.07) is 38.8. The van der Waals surface area contributed by atoms with Crippen LogP contribution in [0.25, 0.3) is 66.7 Å². The zero-order chi connectivity index (χ0) is 30.5. The van der Waals surface area contributed by atoms with Gasteiger partial charge in [-0.25, -0.2) is 9.97 Å². The molecule has 4 heteroatoms. The average Bonchev–Trinajstić information content (AvgIpc) is 3.14. The van der Waals surface area contributed by atoms with Gasteiger partial charge in [0.05, 0.1) is 33.8 Å². The van der Waals surface area contributed by atoms with E-state index in [0.29, 0.717) is 0 Å². The molecule has 3 aromatic carbocycles. The van der Waals surface area contributed by atoms with E-state index in [0.717, 1.165) is 75.8 Å². The number of aromatic nitrogens is 4. The molecule has 0 bridgehead atoms. The smallest absolute Gasteiger partial charge is 0.0971 e. The maximum absolute atomic E-state index is 5.13. The molecule has 0 N–H and O–H groups in total. The lowest BCUT2D eigenvalue weighted by Crippen LogP contribution is -2.07. The highest BCUT2D eigenvalue weighted by molar-refractivity contribution is 6.03. The number of aryl methyl sites for hydroxylation is 2. The maximum atomic E-state index is 5.13. The first-order valence-corrected chi connectivity index (χ1v) is 16.0. The average molecular weight is 591 g/mol. The summed E-state index contributed by atoms with van der Waals surface area (Å²) in [5.41, 5.74) is 15.7. The van der Waals surface area contributed by atoms with Crippen LogP contribution in [0.2, 0.25) is 0 Å². The third-order valence-corrected chi connectivity index (χ3v) is 9.31. The van der Waals surface area contributed by atoms with Crippen molar-refractivity contribution >= 4 is 33.0 Å². The number of hydrogen-bond donors (Lipinski definition) is 0. The van der Waals surface area contributed by atoms with Crippen LogP contribution < -0.4 is 0 Å². The summed E-state index contributed by atoms with van der Waals surface area (Å²) in [5.74, 6) is 0. The predicted octanol–water partition coefficient (Wildman–Crippen LogP) is 9.93. The van der Waals surface area contributed by atoms with Crippen LogP contribution in [0.5, 0.6) is 0 Å². The van der Waals surface area contributed by atoms with Gasteiger partial charge in [0.1, 0.15) is 0 Å². The van der Waals surface area contributed by atoms with Crippen molar-refractivity contribution < 1.29 is 0 Å². The molecule has 46 heavy (non-hydrogen) atoms. The molecule has 0 atom stereocenters. The van der Waals surface area contributed by atoms with Crippen LogP contribution in [0.3, 0.4) is 0 Å². The van der Waals surface area contributed by atoms with E-state index in [1.807, 2.05) is 24.5 Å². The fourth-order valence-corrected chi connectivity index (χ4v) is 6.92. The number of allylic oxidation sites excluding steroid dienone is 4. The van der Waals surface area contributed by atoms with Gasteiger partial charge < -0.3 is 0 Å². The molecule has 4 aromatic heterocycles. The molecule has 0 spiro atoms. The first kappa shape index (κ1) is 26.6. The summed E-state index contributed by atoms with van der Waals surface area (Å²) < 4.78 is 0. The minimum Gasteiger partial charge on any atom is -0.254 e. The molecule has 0 aliphatic heterocycles. The number of pyridine rings is 4. The van der Waals surface area contributed by atoms with Crippen LogP contribution in [0.4, 0.5) is 0 Å². The molecule has 2 aliphatic carbocycles. The highest BCUT2D eigenvalue weighted by Crippen LogP contribution is 2.36. The molecule has 218 valence electrons. The summed E-state index contributed by atoms with van der Waals surface area (Å²) in [6.07, 6.45) is 12.3. The van der Waals surface area contributed by atoms with Gasteiger partial charge in [-0.3, -0.25) is 9.97 Å². The molecule has 4 nitrogen and oxygen atoms in total. The lowest BCUT2D eigenvalue weighted by molar-refractivity contribution is 0.913. The second-order valence-corrected chi connectivity index (χ2v) is 12.2. The molecule has 9 rings (SSSR count). The van der Waals surface area contributed by atoms with Crippen molar-refractivity contribution in [2.75, 3.05) is 0 Å². The van der Waals surface area contributed by atoms with Gasteiger partial charge in [0.2, 0.25) is 0 Å². The molecular weight excluding hydrogens is 560 g/mol. The number of hydrogen-bond acceptors (Lipinski definition) is 4. The van der Waals surface area contributed by atoms with Crippen LogP contribution in [-0.2, 0) is 12.8 Å². The van der Waals surface area contributed by atoms with Crippen molar-refractivity contribution in [1.82, 2.24) is 19.9 Å². The van der Waals surface area contributed by atoms with Crippen LogP contribution in [-0.4, -0.2) is 19.9 Å². The molecule has 0 amide bonds. The molecule has 0 saturated heterocycles. The van der Waals surface area contributed by atoms with Crippen molar-refractivity contribution in [3.05, 3.63) is 156 Å². The standard InChI is InChI=1S/C42H30N4/c1-6-31(33-8-2-10-35(25-33)37-20-18-29-16-14-27-12-4-22-43-39(27)41(29)45-37)24-32(7-1)34-9-3-11-36(26-34)38-21-19-30-17-15-28-13-5-23-44-40(28)42(30)46-38/h1-2,4-10,12-13,15,17-26H,3,11,14,16H2. The van der Waals surface area contributed by atoms with E-state index in [1.54, 1.807) is 0 Å². The summed E-state index contributed by atoms with van der Waals surface area (Å²) >= 11 is 0. The molecular formula is C42H30N4. The van der Waals surface area contributed by atoms with E-state index in [4.69, 9.17) is 9.97 Å². The molecule has 0 radical (unpaired) electrons. The Bertz CT molecular complexity index is 2380. The van der Waals surface area contributed by atoms with Gasteiger partial charge in [0.25, 0.3) is 0 Å². The second kappa shape index (κ2) is 11.0. The second-order valence-electron chi connectivity index (χ2n) is 12.2. The Hall–Kier alpha value is -5.74. The Labute approximate surface area is 267 Å². The van der Waals surface area contributed by atoms with Crippen molar-refractivity contribution in [2.45, 2.75) is 25.7 Å². The third kappa shape index (κ3) is 4.70. The predicted molar refractivity (Wildman–Crippen MR) is 188 cm³/mol. The number of fused-ring (bicyclic) bond motifs is 6. The van der Waals surface area contributed by atoms with Gasteiger partial charge in [-0.2, -0.15) is 0 Å². The largest absolute Gasteiger partial charge is 0.254 e. The van der Waals surface area contributed by atoms with Gasteiger partial charge in [-0.1, -0.05) is 78.9 Å². The fraction of sp³-hybridized carbons (Fsp3) is 0.0952. The summed E-state index contributed by atoms with van der Waals surface area (Å²) in [4.78, 5) is 19.6. The Morgan fingerprint density at radius 3 is 2.07 bits per heavy atom. The van der Waals surface area contributed by atoms with E-state index >= 15 is 0 Å². The lowest BCUT2D eigenvalue weighted by atomic mass is 9.90. The van der Waals surface area contributed by atoms with Gasteiger partial charge in [0.15, 0.2) is 0 Å². The summed E-state index contributed by atoms with van der Waals surface area (Å²) in [6.45, 7) is 0. The Morgan fingerprint density at radius 2 is 1.17 bits per heavy atom. The lowest BCUT2D eigenvalue weighted by Gasteiger charge is -2.18. The first-order chi connectivity index (χ1) is 22.8. The molecule has 0 unspecified atom stereocenters. The summed E-state index contributed by atoms with van der Waals surface area (Å²) in [5, 5.41) is 2.23. The van der Waals surface area contributed by atoms with Gasteiger partial charge in [0, 0.05) is 28.7 Å². The highest BCUT2D eigenvalue weighted by atomic mass is 14.8. The van der Waals surface area contributed by atoms with Crippen molar-refractivity contribution in [1.29, 1.82) is 0 Å². The molecule has 0 fully saturated rings. The minimum absolute atomic E-state index is 0.955. The van der Waals surface area contributed by atoms with Crippen molar-refractivity contribution in [2.24, 2.45) is 0 Å². The van der Waals surface area contributed by atoms with Crippen LogP contribution in [0.1, 0.15) is 35.2 Å². The van der Waals surface area contributed by atoms with E-state index < -0.39 is 0 Å². The maximum Gasteiger partial charge on any atom is 0.0971 e. The third-order valence-electron chi connectivity index (χ3n) is 9.31. The molecule has 2 aliphatic rings. The zero-order valence-electron chi connectivity index (χ0n) is 25.3. The highest BCUT2D eigenvalue weighted by Gasteiger charge is 2.19. The SMILES string of the molecule is C1=C(c2cccc(-c3cccc(-c4ccc5c(n4)-c4ncccc4CC5)c3)c2)C=C(c2ccc3ccc4cccnc4c3n2)CC1. The summed E-state index contributed by atoms with van der Waals surface area (Å²) in [7, 11) is 0. The van der Waals surface area contributed by atoms with Crippen LogP contribution >= 0.6 is 0 Å². The minimum atomic E-state index is 0.955. The molecule has 7 aromatic rings. The number of nitrogens with zero attached hydrogens (tertiary/aromatic N) is 4. The Morgan fingerprint density at radius 1 is 0.478 bits per heavy atom. The first-order valence-electron chi connectivity index (χ1n) is 16.0. The van der Waals surface area contributed by atoms with Gasteiger partial charge >= 0.3 is 0 Å². The van der Waals surface area contributed by atoms with E-state index in [2.05, 4.69) is 119 Å². The molecule has 0 saturated carbocycles. The quantitative estimate of drug-likeness (QED) is 0.191. The van der Waals surface area contributed by atoms with Crippen LogP contribution in [0.15, 0.2) is 134 Å². The fourth-order valence-electron chi connectivity index (χ4n) is 6.92. The van der Waals surface area contributed by atoms with Crippen LogP contribution in [0, 0.1) is 0 Å². The van der Waals surface area contributed by atoms with E-state index in [-0.39, 0.29) is 0 Å². The molecule has 4 heterocycles. The normalized spacial score (nSPS) is 14.0. The topological polar surface area (TPSA) is 51.6 Å². The Kier molecular flexibility index (Phi) is 6.38.